The molecule has 0 radical (unpaired) electrons. The molecule has 0 bridgehead atoms. The first-order valence-electron chi connectivity index (χ1n) is 9.22. The van der Waals surface area contributed by atoms with Crippen LogP contribution >= 0.6 is 0 Å². The highest BCUT2D eigenvalue weighted by molar-refractivity contribution is 6.04. The van der Waals surface area contributed by atoms with Crippen LogP contribution in [0.3, 0.4) is 0 Å². The maximum atomic E-state index is 12.2. The Morgan fingerprint density at radius 2 is 1.72 bits per heavy atom. The molecule has 1 aliphatic heterocycles. The zero-order valence-electron chi connectivity index (χ0n) is 15.8. The molecule has 1 aliphatic rings. The molecule has 29 heavy (non-hydrogen) atoms. The van der Waals surface area contributed by atoms with Crippen LogP contribution in [0.1, 0.15) is 28.6 Å². The molecule has 0 amide bonds. The van der Waals surface area contributed by atoms with Gasteiger partial charge in [0.25, 0.3) is 0 Å². The Morgan fingerprint density at radius 3 is 2.45 bits per heavy atom. The molecule has 0 saturated carbocycles. The van der Waals surface area contributed by atoms with Crippen molar-refractivity contribution in [2.75, 3.05) is 6.61 Å². The third kappa shape index (κ3) is 4.04. The van der Waals surface area contributed by atoms with E-state index in [2.05, 4.69) is 0 Å². The van der Waals surface area contributed by atoms with E-state index in [1.807, 2.05) is 36.4 Å². The summed E-state index contributed by atoms with van der Waals surface area (Å²) in [6.07, 6.45) is 3.35. The molecule has 1 aromatic heterocycles. The first kappa shape index (κ1) is 18.5. The molecular weight excluding hydrogens is 368 g/mol. The maximum Gasteiger partial charge on any atom is 0.343 e. The first-order valence-corrected chi connectivity index (χ1v) is 9.22. The lowest BCUT2D eigenvalue weighted by Gasteiger charge is -2.02. The summed E-state index contributed by atoms with van der Waals surface area (Å²) in [5.74, 6) is 0.909. The third-order valence-electron chi connectivity index (χ3n) is 4.39. The predicted molar refractivity (Wildman–Crippen MR) is 109 cm³/mol. The van der Waals surface area contributed by atoms with Gasteiger partial charge in [0, 0.05) is 11.1 Å². The number of ether oxygens (including phenoxy) is 2. The van der Waals surface area contributed by atoms with Crippen molar-refractivity contribution >= 4 is 23.8 Å². The van der Waals surface area contributed by atoms with E-state index in [1.165, 1.54) is 0 Å². The average Bonchev–Trinajstić information content (AvgIpc) is 3.36. The second-order valence-electron chi connectivity index (χ2n) is 6.36. The Kier molecular flexibility index (Phi) is 5.12. The Labute approximate surface area is 167 Å². The Morgan fingerprint density at radius 1 is 0.966 bits per heavy atom. The Balaban J connectivity index is 1.54. The minimum absolute atomic E-state index is 0.333. The van der Waals surface area contributed by atoms with Gasteiger partial charge in [0.05, 0.1) is 17.7 Å². The number of furan rings is 1. The molecule has 0 fully saturated rings. The summed E-state index contributed by atoms with van der Waals surface area (Å²) in [5.41, 5.74) is 2.56. The number of rotatable bonds is 5. The molecule has 0 spiro atoms. The molecule has 2 aromatic carbocycles. The Bertz CT molecular complexity index is 1100. The van der Waals surface area contributed by atoms with E-state index >= 15 is 0 Å². The fourth-order valence-electron chi connectivity index (χ4n) is 2.96. The van der Waals surface area contributed by atoms with Gasteiger partial charge in [0.1, 0.15) is 17.3 Å². The van der Waals surface area contributed by atoms with Gasteiger partial charge in [-0.25, -0.2) is 9.59 Å². The minimum atomic E-state index is -0.416. The number of hydrogen-bond acceptors (Lipinski definition) is 5. The van der Waals surface area contributed by atoms with Gasteiger partial charge < -0.3 is 13.9 Å². The van der Waals surface area contributed by atoms with E-state index in [9.17, 15) is 9.59 Å². The van der Waals surface area contributed by atoms with Gasteiger partial charge in [-0.05, 0) is 43.3 Å². The fourth-order valence-corrected chi connectivity index (χ4v) is 2.96. The van der Waals surface area contributed by atoms with E-state index < -0.39 is 5.97 Å². The van der Waals surface area contributed by atoms with Gasteiger partial charge >= 0.3 is 11.9 Å². The fraction of sp³-hybridized carbons (Fsp3) is 0.0833. The highest BCUT2D eigenvalue weighted by Gasteiger charge is 2.22. The van der Waals surface area contributed by atoms with Gasteiger partial charge in [-0.15, -0.1) is 0 Å². The van der Waals surface area contributed by atoms with Crippen LogP contribution in [0.25, 0.3) is 23.2 Å². The number of cyclic esters (lactones) is 1. The molecule has 5 nitrogen and oxygen atoms in total. The largest absolute Gasteiger partial charge is 0.462 e. The normalized spacial score (nSPS) is 14.6. The van der Waals surface area contributed by atoms with Gasteiger partial charge in [0.2, 0.25) is 0 Å². The van der Waals surface area contributed by atoms with Gasteiger partial charge in [-0.3, -0.25) is 0 Å². The summed E-state index contributed by atoms with van der Waals surface area (Å²) < 4.78 is 16.2. The van der Waals surface area contributed by atoms with Crippen molar-refractivity contribution in [3.05, 3.63) is 95.3 Å². The molecule has 0 saturated heterocycles. The van der Waals surface area contributed by atoms with Crippen LogP contribution in [0.4, 0.5) is 0 Å². The standard InChI is InChI=1S/C24H18O5/c1-2-27-23(25)18-10-8-17(9-11-18)21-13-12-20(28-21)14-19-15-22(29-24(19)26)16-6-4-3-5-7-16/h3-15H,2H2,1H3. The van der Waals surface area contributed by atoms with Crippen LogP contribution in [0, 0.1) is 0 Å². The van der Waals surface area contributed by atoms with Crippen molar-refractivity contribution in [3.8, 4) is 11.3 Å². The monoisotopic (exact) mass is 386 g/mol. The van der Waals surface area contributed by atoms with Crippen LogP contribution in [0.5, 0.6) is 0 Å². The molecule has 4 rings (SSSR count). The van der Waals surface area contributed by atoms with E-state index in [4.69, 9.17) is 13.9 Å². The number of carbonyl (C=O) groups excluding carboxylic acids is 2. The van der Waals surface area contributed by atoms with Crippen molar-refractivity contribution < 1.29 is 23.5 Å². The van der Waals surface area contributed by atoms with Gasteiger partial charge in [-0.2, -0.15) is 0 Å². The summed E-state index contributed by atoms with van der Waals surface area (Å²) in [6.45, 7) is 2.10. The maximum absolute atomic E-state index is 12.2. The van der Waals surface area contributed by atoms with Crippen molar-refractivity contribution in [1.29, 1.82) is 0 Å². The summed E-state index contributed by atoms with van der Waals surface area (Å²) in [4.78, 5) is 23.9. The van der Waals surface area contributed by atoms with Crippen LogP contribution in [-0.4, -0.2) is 18.5 Å². The molecule has 0 aliphatic carbocycles. The van der Waals surface area contributed by atoms with Crippen molar-refractivity contribution in [1.82, 2.24) is 0 Å². The van der Waals surface area contributed by atoms with E-state index in [0.29, 0.717) is 35.0 Å². The zero-order chi connectivity index (χ0) is 20.2. The van der Waals surface area contributed by atoms with Gasteiger partial charge in [0.15, 0.2) is 0 Å². The molecule has 3 aromatic rings. The molecular formula is C24H18O5. The lowest BCUT2D eigenvalue weighted by atomic mass is 10.1. The first-order chi connectivity index (χ1) is 14.1. The molecule has 2 heterocycles. The third-order valence-corrected chi connectivity index (χ3v) is 4.39. The number of esters is 2. The van der Waals surface area contributed by atoms with Crippen LogP contribution in [0.2, 0.25) is 0 Å². The highest BCUT2D eigenvalue weighted by Crippen LogP contribution is 2.29. The smallest absolute Gasteiger partial charge is 0.343 e. The van der Waals surface area contributed by atoms with E-state index in [1.54, 1.807) is 49.4 Å². The quantitative estimate of drug-likeness (QED) is 0.451. The molecule has 0 unspecified atom stereocenters. The molecule has 144 valence electrons. The highest BCUT2D eigenvalue weighted by atomic mass is 16.5. The summed E-state index contributed by atoms with van der Waals surface area (Å²) in [5, 5.41) is 0. The second kappa shape index (κ2) is 8.02. The van der Waals surface area contributed by atoms with Crippen LogP contribution in [0.15, 0.2) is 82.8 Å². The Hall–Kier alpha value is -3.86. The minimum Gasteiger partial charge on any atom is -0.462 e. The van der Waals surface area contributed by atoms with E-state index in [0.717, 1.165) is 11.1 Å². The molecule has 0 atom stereocenters. The lowest BCUT2D eigenvalue weighted by Crippen LogP contribution is -2.03. The number of benzene rings is 2. The predicted octanol–water partition coefficient (Wildman–Crippen LogP) is 5.10. The lowest BCUT2D eigenvalue weighted by molar-refractivity contribution is -0.130. The van der Waals surface area contributed by atoms with Crippen LogP contribution < -0.4 is 0 Å². The summed E-state index contributed by atoms with van der Waals surface area (Å²) in [7, 11) is 0. The van der Waals surface area contributed by atoms with Crippen molar-refractivity contribution in [3.63, 3.8) is 0 Å². The number of carbonyl (C=O) groups is 2. The van der Waals surface area contributed by atoms with Crippen molar-refractivity contribution in [2.45, 2.75) is 6.92 Å². The molecule has 5 heteroatoms. The average molecular weight is 386 g/mol. The number of hydrogen-bond donors (Lipinski definition) is 0. The SMILES string of the molecule is CCOC(=O)c1ccc(-c2ccc(C=C3C=C(c4ccccc4)OC3=O)o2)cc1. The van der Waals surface area contributed by atoms with Crippen molar-refractivity contribution in [2.24, 2.45) is 0 Å². The molecule has 0 N–H and O–H groups in total. The van der Waals surface area contributed by atoms with E-state index in [-0.39, 0.29) is 5.97 Å². The van der Waals surface area contributed by atoms with Crippen LogP contribution in [-0.2, 0) is 14.3 Å². The topological polar surface area (TPSA) is 65.7 Å². The summed E-state index contributed by atoms with van der Waals surface area (Å²) in [6, 6.07) is 20.0. The summed E-state index contributed by atoms with van der Waals surface area (Å²) >= 11 is 0. The van der Waals surface area contributed by atoms with Gasteiger partial charge in [-0.1, -0.05) is 42.5 Å². The second-order valence-corrected chi connectivity index (χ2v) is 6.36. The zero-order valence-corrected chi connectivity index (χ0v) is 15.8.